The molecular weight excluding hydrogens is 218 g/mol. The van der Waals surface area contributed by atoms with Crippen molar-refractivity contribution in [1.82, 2.24) is 9.55 Å². The number of carbonyl (C=O) groups is 1. The van der Waals surface area contributed by atoms with Crippen LogP contribution in [0.2, 0.25) is 0 Å². The van der Waals surface area contributed by atoms with E-state index in [2.05, 4.69) is 4.98 Å². The number of aryl methyl sites for hydroxylation is 1. The van der Waals surface area contributed by atoms with Gasteiger partial charge in [-0.2, -0.15) is 0 Å². The molecule has 1 N–H and O–H groups in total. The largest absolute Gasteiger partial charge is 0.480 e. The fraction of sp³-hybridized carbons (Fsp3) is 0.333. The SMILES string of the molecule is CC(C(=O)O)N(C)c1ccc2c(c1)ncn2C. The molecule has 0 fully saturated rings. The topological polar surface area (TPSA) is 58.4 Å². The summed E-state index contributed by atoms with van der Waals surface area (Å²) in [4.78, 5) is 16.9. The van der Waals surface area contributed by atoms with Gasteiger partial charge in [-0.1, -0.05) is 0 Å². The summed E-state index contributed by atoms with van der Waals surface area (Å²) in [5.41, 5.74) is 2.76. The molecular formula is C12H15N3O2. The van der Waals surface area contributed by atoms with Crippen molar-refractivity contribution in [2.45, 2.75) is 13.0 Å². The fourth-order valence-electron chi connectivity index (χ4n) is 1.73. The average Bonchev–Trinajstić information content (AvgIpc) is 2.68. The summed E-state index contributed by atoms with van der Waals surface area (Å²) in [7, 11) is 3.70. The standard InChI is InChI=1S/C12H15N3O2/c1-8(12(16)17)15(3)9-4-5-11-10(6-9)13-7-14(11)2/h4-8H,1-3H3,(H,16,17). The summed E-state index contributed by atoms with van der Waals surface area (Å²) in [6.07, 6.45) is 1.75. The maximum absolute atomic E-state index is 10.9. The number of fused-ring (bicyclic) bond motifs is 1. The number of hydrogen-bond acceptors (Lipinski definition) is 3. The lowest BCUT2D eigenvalue weighted by Crippen LogP contribution is -2.35. The number of imidazole rings is 1. The van der Waals surface area contributed by atoms with Crippen LogP contribution < -0.4 is 4.90 Å². The first-order chi connectivity index (χ1) is 8.00. The Morgan fingerprint density at radius 3 is 2.88 bits per heavy atom. The second-order valence-electron chi connectivity index (χ2n) is 4.15. The van der Waals surface area contributed by atoms with Gasteiger partial charge in [-0.15, -0.1) is 0 Å². The number of carboxylic acids is 1. The maximum Gasteiger partial charge on any atom is 0.326 e. The van der Waals surface area contributed by atoms with E-state index < -0.39 is 12.0 Å². The number of aliphatic carboxylic acids is 1. The zero-order chi connectivity index (χ0) is 12.6. The van der Waals surface area contributed by atoms with Gasteiger partial charge in [-0.05, 0) is 25.1 Å². The Balaban J connectivity index is 2.39. The van der Waals surface area contributed by atoms with E-state index in [0.29, 0.717) is 0 Å². The highest BCUT2D eigenvalue weighted by Crippen LogP contribution is 2.21. The molecule has 90 valence electrons. The molecule has 0 aliphatic rings. The Kier molecular flexibility index (Phi) is 2.75. The molecule has 0 aliphatic carbocycles. The van der Waals surface area contributed by atoms with Crippen molar-refractivity contribution in [2.24, 2.45) is 7.05 Å². The minimum absolute atomic E-state index is 0.559. The summed E-state index contributed by atoms with van der Waals surface area (Å²) in [5.74, 6) is -0.839. The number of nitrogens with zero attached hydrogens (tertiary/aromatic N) is 3. The highest BCUT2D eigenvalue weighted by molar-refractivity contribution is 5.82. The molecule has 0 radical (unpaired) electrons. The van der Waals surface area contributed by atoms with Crippen LogP contribution in [-0.2, 0) is 11.8 Å². The van der Waals surface area contributed by atoms with Gasteiger partial charge in [0, 0.05) is 19.8 Å². The normalized spacial score (nSPS) is 12.6. The molecule has 0 saturated carbocycles. The Bertz CT molecular complexity index is 562. The molecule has 1 heterocycles. The minimum Gasteiger partial charge on any atom is -0.480 e. The van der Waals surface area contributed by atoms with E-state index in [-0.39, 0.29) is 0 Å². The fourth-order valence-corrected chi connectivity index (χ4v) is 1.73. The Hall–Kier alpha value is -2.04. The van der Waals surface area contributed by atoms with Gasteiger partial charge in [0.05, 0.1) is 17.4 Å². The van der Waals surface area contributed by atoms with Gasteiger partial charge in [0.1, 0.15) is 6.04 Å². The van der Waals surface area contributed by atoms with Crippen LogP contribution in [0.3, 0.4) is 0 Å². The number of benzene rings is 1. The highest BCUT2D eigenvalue weighted by Gasteiger charge is 2.17. The minimum atomic E-state index is -0.839. The van der Waals surface area contributed by atoms with Crippen molar-refractivity contribution in [1.29, 1.82) is 0 Å². The summed E-state index contributed by atoms with van der Waals surface area (Å²) in [6.45, 7) is 1.66. The maximum atomic E-state index is 10.9. The molecule has 1 aromatic heterocycles. The lowest BCUT2D eigenvalue weighted by molar-refractivity contribution is -0.138. The molecule has 0 aliphatic heterocycles. The van der Waals surface area contributed by atoms with Crippen molar-refractivity contribution in [3.8, 4) is 0 Å². The van der Waals surface area contributed by atoms with Crippen LogP contribution >= 0.6 is 0 Å². The van der Waals surface area contributed by atoms with Crippen LogP contribution in [0.25, 0.3) is 11.0 Å². The molecule has 2 rings (SSSR count). The van der Waals surface area contributed by atoms with Crippen molar-refractivity contribution in [3.63, 3.8) is 0 Å². The van der Waals surface area contributed by atoms with Crippen molar-refractivity contribution in [3.05, 3.63) is 24.5 Å². The first kappa shape index (κ1) is 11.4. The molecule has 2 aromatic rings. The van der Waals surface area contributed by atoms with Crippen LogP contribution in [0.1, 0.15) is 6.92 Å². The summed E-state index contributed by atoms with van der Waals surface area (Å²) in [6, 6.07) is 5.19. The zero-order valence-electron chi connectivity index (χ0n) is 10.1. The van der Waals surface area contributed by atoms with Crippen LogP contribution in [0.4, 0.5) is 5.69 Å². The van der Waals surface area contributed by atoms with Crippen LogP contribution in [0, 0.1) is 0 Å². The lowest BCUT2D eigenvalue weighted by Gasteiger charge is -2.23. The third-order valence-corrected chi connectivity index (χ3v) is 3.05. The van der Waals surface area contributed by atoms with E-state index in [1.54, 1.807) is 25.2 Å². The van der Waals surface area contributed by atoms with Crippen LogP contribution in [-0.4, -0.2) is 33.7 Å². The lowest BCUT2D eigenvalue weighted by atomic mass is 10.2. The molecule has 0 spiro atoms. The average molecular weight is 233 g/mol. The summed E-state index contributed by atoms with van der Waals surface area (Å²) < 4.78 is 1.93. The Morgan fingerprint density at radius 2 is 2.24 bits per heavy atom. The Labute approximate surface area is 99.3 Å². The zero-order valence-corrected chi connectivity index (χ0v) is 10.1. The molecule has 1 unspecified atom stereocenters. The predicted molar refractivity (Wildman–Crippen MR) is 66.2 cm³/mol. The van der Waals surface area contributed by atoms with Gasteiger partial charge in [-0.25, -0.2) is 9.78 Å². The molecule has 0 bridgehead atoms. The van der Waals surface area contributed by atoms with Gasteiger partial charge in [0.15, 0.2) is 0 Å². The summed E-state index contributed by atoms with van der Waals surface area (Å²) >= 11 is 0. The van der Waals surface area contributed by atoms with E-state index in [9.17, 15) is 4.79 Å². The summed E-state index contributed by atoms with van der Waals surface area (Å²) in [5, 5.41) is 8.97. The van der Waals surface area contributed by atoms with Gasteiger partial charge >= 0.3 is 5.97 Å². The third kappa shape index (κ3) is 1.95. The molecule has 1 atom stereocenters. The predicted octanol–water partition coefficient (Wildman–Crippen LogP) is 1.48. The molecule has 5 heteroatoms. The number of rotatable bonds is 3. The van der Waals surface area contributed by atoms with Crippen molar-refractivity contribution in [2.75, 3.05) is 11.9 Å². The van der Waals surface area contributed by atoms with Crippen LogP contribution in [0.15, 0.2) is 24.5 Å². The van der Waals surface area contributed by atoms with Crippen molar-refractivity contribution >= 4 is 22.7 Å². The van der Waals surface area contributed by atoms with E-state index >= 15 is 0 Å². The second-order valence-corrected chi connectivity index (χ2v) is 4.15. The van der Waals surface area contributed by atoms with E-state index in [1.807, 2.05) is 29.8 Å². The number of likely N-dealkylation sites (N-methyl/N-ethyl adjacent to an activating group) is 1. The van der Waals surface area contributed by atoms with Gasteiger partial charge in [0.25, 0.3) is 0 Å². The molecule has 0 amide bonds. The first-order valence-electron chi connectivity index (χ1n) is 5.37. The number of aromatic nitrogens is 2. The monoisotopic (exact) mass is 233 g/mol. The van der Waals surface area contributed by atoms with Crippen molar-refractivity contribution < 1.29 is 9.90 Å². The van der Waals surface area contributed by atoms with Gasteiger partial charge in [0.2, 0.25) is 0 Å². The van der Waals surface area contributed by atoms with Gasteiger partial charge < -0.3 is 14.6 Å². The highest BCUT2D eigenvalue weighted by atomic mass is 16.4. The Morgan fingerprint density at radius 1 is 1.53 bits per heavy atom. The number of carboxylic acid groups (broad SMARTS) is 1. The number of anilines is 1. The van der Waals surface area contributed by atoms with E-state index in [0.717, 1.165) is 16.7 Å². The quantitative estimate of drug-likeness (QED) is 0.872. The first-order valence-corrected chi connectivity index (χ1v) is 5.37. The molecule has 1 aromatic carbocycles. The second kappa shape index (κ2) is 4.08. The molecule has 17 heavy (non-hydrogen) atoms. The smallest absolute Gasteiger partial charge is 0.326 e. The molecule has 5 nitrogen and oxygen atoms in total. The molecule has 0 saturated heterocycles. The van der Waals surface area contributed by atoms with E-state index in [1.165, 1.54) is 0 Å². The third-order valence-electron chi connectivity index (χ3n) is 3.05. The van der Waals surface area contributed by atoms with Gasteiger partial charge in [-0.3, -0.25) is 0 Å². The van der Waals surface area contributed by atoms with Crippen LogP contribution in [0.5, 0.6) is 0 Å². The van der Waals surface area contributed by atoms with E-state index in [4.69, 9.17) is 5.11 Å². The number of hydrogen-bond donors (Lipinski definition) is 1.